The minimum Gasteiger partial charge on any atom is -0.249 e. The van der Waals surface area contributed by atoms with Gasteiger partial charge >= 0.3 is 6.18 Å². The van der Waals surface area contributed by atoms with Gasteiger partial charge in [0.05, 0.1) is 12.4 Å². The molecular formula is C13H11Cl2F3N2. The number of nitrogens with zero attached hydrogens (tertiary/aromatic N) is 2. The summed E-state index contributed by atoms with van der Waals surface area (Å²) in [6.45, 7) is 2.09. The summed E-state index contributed by atoms with van der Waals surface area (Å²) in [4.78, 5) is 0. The van der Waals surface area contributed by atoms with Crippen molar-refractivity contribution in [3.05, 3.63) is 51.8 Å². The minimum absolute atomic E-state index is 0.0760. The van der Waals surface area contributed by atoms with E-state index in [0.717, 1.165) is 15.8 Å². The van der Waals surface area contributed by atoms with E-state index in [-0.39, 0.29) is 23.1 Å². The zero-order chi connectivity index (χ0) is 14.9. The van der Waals surface area contributed by atoms with E-state index in [0.29, 0.717) is 0 Å². The molecule has 0 aliphatic heterocycles. The Morgan fingerprint density at radius 1 is 1.20 bits per heavy atom. The van der Waals surface area contributed by atoms with Crippen molar-refractivity contribution in [2.45, 2.75) is 25.5 Å². The molecule has 2 rings (SSSR count). The van der Waals surface area contributed by atoms with Gasteiger partial charge in [0.25, 0.3) is 0 Å². The molecule has 0 aliphatic carbocycles. The van der Waals surface area contributed by atoms with Gasteiger partial charge in [-0.2, -0.15) is 18.3 Å². The number of aromatic nitrogens is 2. The second-order valence-electron chi connectivity index (χ2n) is 4.39. The average molecular weight is 323 g/mol. The molecule has 0 atom stereocenters. The standard InChI is InChI=1S/C13H11Cl2F3N2/c1-8-2-4-9(5-3-8)7-20-12(15)10(6-14)11(19-20)13(16,17)18/h2-5H,6-7H2,1H3. The first-order chi connectivity index (χ1) is 9.32. The molecule has 108 valence electrons. The van der Waals surface area contributed by atoms with E-state index in [9.17, 15) is 13.2 Å². The van der Waals surface area contributed by atoms with E-state index in [2.05, 4.69) is 5.10 Å². The summed E-state index contributed by atoms with van der Waals surface area (Å²) in [7, 11) is 0. The predicted octanol–water partition coefficient (Wildman–Crippen LogP) is 4.65. The molecule has 0 saturated heterocycles. The lowest BCUT2D eigenvalue weighted by Crippen LogP contribution is -2.10. The van der Waals surface area contributed by atoms with E-state index >= 15 is 0 Å². The number of hydrogen-bond donors (Lipinski definition) is 0. The monoisotopic (exact) mass is 322 g/mol. The molecule has 0 spiro atoms. The van der Waals surface area contributed by atoms with Crippen molar-refractivity contribution in [3.8, 4) is 0 Å². The molecular weight excluding hydrogens is 312 g/mol. The molecule has 7 heteroatoms. The van der Waals surface area contributed by atoms with Gasteiger partial charge in [-0.3, -0.25) is 0 Å². The fraction of sp³-hybridized carbons (Fsp3) is 0.308. The van der Waals surface area contributed by atoms with Gasteiger partial charge in [0.2, 0.25) is 0 Å². The molecule has 0 saturated carbocycles. The third-order valence-electron chi connectivity index (χ3n) is 2.84. The number of aryl methyl sites for hydroxylation is 1. The molecule has 2 aromatic rings. The van der Waals surface area contributed by atoms with Gasteiger partial charge in [0, 0.05) is 5.56 Å². The third-order valence-corrected chi connectivity index (χ3v) is 3.53. The molecule has 1 aromatic carbocycles. The van der Waals surface area contributed by atoms with Gasteiger partial charge in [-0.15, -0.1) is 11.6 Å². The first kappa shape index (κ1) is 15.2. The fourth-order valence-electron chi connectivity index (χ4n) is 1.80. The summed E-state index contributed by atoms with van der Waals surface area (Å²) in [5.74, 6) is -0.332. The van der Waals surface area contributed by atoms with Crippen LogP contribution in [0.4, 0.5) is 13.2 Å². The number of rotatable bonds is 3. The van der Waals surface area contributed by atoms with Gasteiger partial charge < -0.3 is 0 Å². The molecule has 0 radical (unpaired) electrons. The van der Waals surface area contributed by atoms with Gasteiger partial charge in [-0.1, -0.05) is 41.4 Å². The highest BCUT2D eigenvalue weighted by molar-refractivity contribution is 6.31. The molecule has 0 bridgehead atoms. The summed E-state index contributed by atoms with van der Waals surface area (Å²) < 4.78 is 39.6. The predicted molar refractivity (Wildman–Crippen MR) is 72.1 cm³/mol. The number of halogens is 5. The topological polar surface area (TPSA) is 17.8 Å². The first-order valence-corrected chi connectivity index (χ1v) is 6.68. The highest BCUT2D eigenvalue weighted by Gasteiger charge is 2.38. The van der Waals surface area contributed by atoms with E-state index < -0.39 is 11.9 Å². The van der Waals surface area contributed by atoms with Crippen molar-refractivity contribution in [3.63, 3.8) is 0 Å². The van der Waals surface area contributed by atoms with E-state index in [1.165, 1.54) is 0 Å². The second-order valence-corrected chi connectivity index (χ2v) is 5.02. The lowest BCUT2D eigenvalue weighted by atomic mass is 10.1. The lowest BCUT2D eigenvalue weighted by molar-refractivity contribution is -0.142. The molecule has 0 N–H and O–H groups in total. The summed E-state index contributed by atoms with van der Waals surface area (Å²) in [5, 5.41) is 3.47. The van der Waals surface area contributed by atoms with Crippen molar-refractivity contribution in [1.29, 1.82) is 0 Å². The Kier molecular flexibility index (Phi) is 4.30. The van der Waals surface area contributed by atoms with Crippen molar-refractivity contribution < 1.29 is 13.2 Å². The maximum absolute atomic E-state index is 12.8. The van der Waals surface area contributed by atoms with Gasteiger partial charge in [0.1, 0.15) is 5.15 Å². The molecule has 0 unspecified atom stereocenters. The van der Waals surface area contributed by atoms with Crippen LogP contribution < -0.4 is 0 Å². The molecule has 2 nitrogen and oxygen atoms in total. The van der Waals surface area contributed by atoms with Crippen LogP contribution in [0.1, 0.15) is 22.4 Å². The Bertz CT molecular complexity index is 603. The zero-order valence-electron chi connectivity index (χ0n) is 10.5. The lowest BCUT2D eigenvalue weighted by Gasteiger charge is -2.04. The highest BCUT2D eigenvalue weighted by Crippen LogP contribution is 2.35. The Morgan fingerprint density at radius 2 is 1.80 bits per heavy atom. The SMILES string of the molecule is Cc1ccc(Cn2nc(C(F)(F)F)c(CCl)c2Cl)cc1. The van der Waals surface area contributed by atoms with Crippen LogP contribution in [-0.4, -0.2) is 9.78 Å². The Labute approximate surface area is 124 Å². The smallest absolute Gasteiger partial charge is 0.249 e. The Balaban J connectivity index is 2.38. The molecule has 0 fully saturated rings. The van der Waals surface area contributed by atoms with Gasteiger partial charge in [-0.05, 0) is 12.5 Å². The van der Waals surface area contributed by atoms with Gasteiger partial charge in [-0.25, -0.2) is 4.68 Å². The number of alkyl halides is 4. The summed E-state index contributed by atoms with van der Waals surface area (Å²) >= 11 is 11.5. The van der Waals surface area contributed by atoms with Gasteiger partial charge in [0.15, 0.2) is 5.69 Å². The van der Waals surface area contributed by atoms with Crippen molar-refractivity contribution in [2.24, 2.45) is 0 Å². The maximum Gasteiger partial charge on any atom is 0.435 e. The van der Waals surface area contributed by atoms with E-state index in [1.807, 2.05) is 31.2 Å². The Hall–Kier alpha value is -1.20. The second kappa shape index (κ2) is 5.66. The summed E-state index contributed by atoms with van der Waals surface area (Å²) in [6.07, 6.45) is -4.56. The normalized spacial score (nSPS) is 11.9. The Morgan fingerprint density at radius 3 is 2.25 bits per heavy atom. The molecule has 20 heavy (non-hydrogen) atoms. The fourth-order valence-corrected chi connectivity index (χ4v) is 2.37. The average Bonchev–Trinajstić information content (AvgIpc) is 2.69. The third kappa shape index (κ3) is 3.10. The van der Waals surface area contributed by atoms with E-state index in [4.69, 9.17) is 23.2 Å². The number of benzene rings is 1. The van der Waals surface area contributed by atoms with Crippen LogP contribution in [0.25, 0.3) is 0 Å². The largest absolute Gasteiger partial charge is 0.435 e. The number of hydrogen-bond acceptors (Lipinski definition) is 1. The van der Waals surface area contributed by atoms with Crippen molar-refractivity contribution in [1.82, 2.24) is 9.78 Å². The van der Waals surface area contributed by atoms with Crippen LogP contribution in [0.5, 0.6) is 0 Å². The minimum atomic E-state index is -4.56. The van der Waals surface area contributed by atoms with Crippen LogP contribution in [0, 0.1) is 6.92 Å². The van der Waals surface area contributed by atoms with Crippen LogP contribution in [-0.2, 0) is 18.6 Å². The van der Waals surface area contributed by atoms with Crippen LogP contribution in [0.15, 0.2) is 24.3 Å². The van der Waals surface area contributed by atoms with Crippen molar-refractivity contribution >= 4 is 23.2 Å². The molecule has 0 amide bonds. The molecule has 1 heterocycles. The van der Waals surface area contributed by atoms with Crippen molar-refractivity contribution in [2.75, 3.05) is 0 Å². The zero-order valence-corrected chi connectivity index (χ0v) is 12.0. The quantitative estimate of drug-likeness (QED) is 0.752. The first-order valence-electron chi connectivity index (χ1n) is 5.77. The van der Waals surface area contributed by atoms with E-state index in [1.54, 1.807) is 0 Å². The van der Waals surface area contributed by atoms with Crippen LogP contribution in [0.2, 0.25) is 5.15 Å². The van der Waals surface area contributed by atoms with Crippen LogP contribution >= 0.6 is 23.2 Å². The molecule has 1 aromatic heterocycles. The molecule has 0 aliphatic rings. The van der Waals surface area contributed by atoms with Crippen LogP contribution in [0.3, 0.4) is 0 Å². The highest BCUT2D eigenvalue weighted by atomic mass is 35.5. The summed E-state index contributed by atoms with van der Waals surface area (Å²) in [6, 6.07) is 7.39. The summed E-state index contributed by atoms with van der Waals surface area (Å²) in [5.41, 5.74) is 0.671. The maximum atomic E-state index is 12.8.